The molecule has 1 N–H and O–H groups in total. The second-order valence-corrected chi connectivity index (χ2v) is 4.23. The minimum absolute atomic E-state index is 0.794. The summed E-state index contributed by atoms with van der Waals surface area (Å²) in [4.78, 5) is 0. The van der Waals surface area contributed by atoms with Gasteiger partial charge in [-0.3, -0.25) is 0 Å². The van der Waals surface area contributed by atoms with Gasteiger partial charge in [0, 0.05) is 17.8 Å². The predicted octanol–water partition coefficient (Wildman–Crippen LogP) is 3.62. The molecule has 18 heavy (non-hydrogen) atoms. The summed E-state index contributed by atoms with van der Waals surface area (Å²) in [6.07, 6.45) is 1.06. The number of aromatic nitrogens is 1. The summed E-state index contributed by atoms with van der Waals surface area (Å²) in [6.45, 7) is 9.01. The van der Waals surface area contributed by atoms with Gasteiger partial charge in [-0.15, -0.1) is 0 Å². The molecule has 1 heterocycles. The Morgan fingerprint density at radius 2 is 2.06 bits per heavy atom. The van der Waals surface area contributed by atoms with E-state index in [-0.39, 0.29) is 0 Å². The summed E-state index contributed by atoms with van der Waals surface area (Å²) >= 11 is 0. The van der Waals surface area contributed by atoms with Crippen LogP contribution in [0, 0.1) is 6.92 Å². The lowest BCUT2D eigenvalue weighted by Crippen LogP contribution is -2.12. The molecule has 0 saturated carbocycles. The van der Waals surface area contributed by atoms with Gasteiger partial charge in [-0.25, -0.2) is 0 Å². The summed E-state index contributed by atoms with van der Waals surface area (Å²) in [5.74, 6) is 0.794. The highest BCUT2D eigenvalue weighted by molar-refractivity contribution is 5.77. The molecule has 0 fully saturated rings. The Bertz CT molecular complexity index is 529. The highest BCUT2D eigenvalue weighted by Crippen LogP contribution is 2.28. The number of nitrogens with one attached hydrogen (secondary N) is 1. The summed E-state index contributed by atoms with van der Waals surface area (Å²) in [5, 5.41) is 7.43. The molecule has 0 amide bonds. The van der Waals surface area contributed by atoms with Crippen LogP contribution >= 0.6 is 0 Å². The number of rotatable bonds is 5. The van der Waals surface area contributed by atoms with Crippen LogP contribution in [-0.4, -0.2) is 11.7 Å². The molecule has 3 nitrogen and oxygen atoms in total. The topological polar surface area (TPSA) is 38.1 Å². The van der Waals surface area contributed by atoms with Crippen LogP contribution in [0.3, 0.4) is 0 Å². The van der Waals surface area contributed by atoms with Gasteiger partial charge < -0.3 is 9.84 Å². The van der Waals surface area contributed by atoms with Gasteiger partial charge >= 0.3 is 0 Å². The quantitative estimate of drug-likeness (QED) is 0.870. The minimum atomic E-state index is 0.794. The Morgan fingerprint density at radius 3 is 2.72 bits per heavy atom. The van der Waals surface area contributed by atoms with Crippen molar-refractivity contribution in [2.75, 3.05) is 6.54 Å². The molecule has 3 heteroatoms. The monoisotopic (exact) mass is 242 g/mol. The molecule has 0 bridgehead atoms. The second-order valence-electron chi connectivity index (χ2n) is 4.23. The fourth-order valence-corrected chi connectivity index (χ4v) is 1.88. The lowest BCUT2D eigenvalue weighted by molar-refractivity contribution is 0.399. The average molecular weight is 242 g/mol. The molecular formula is C15H18N2O. The molecule has 2 aromatic rings. The van der Waals surface area contributed by atoms with Crippen molar-refractivity contribution in [2.45, 2.75) is 20.3 Å². The van der Waals surface area contributed by atoms with Crippen LogP contribution in [0.1, 0.15) is 24.7 Å². The summed E-state index contributed by atoms with van der Waals surface area (Å²) < 4.78 is 5.30. The third kappa shape index (κ3) is 2.45. The van der Waals surface area contributed by atoms with Gasteiger partial charge in [0.15, 0.2) is 0 Å². The summed E-state index contributed by atoms with van der Waals surface area (Å²) in [7, 11) is 0. The largest absolute Gasteiger partial charge is 0.385 e. The molecule has 1 aromatic heterocycles. The van der Waals surface area contributed by atoms with Crippen molar-refractivity contribution in [3.05, 3.63) is 48.2 Å². The maximum Gasteiger partial charge on any atom is 0.143 e. The molecule has 1 aromatic carbocycles. The van der Waals surface area contributed by atoms with E-state index in [1.807, 2.05) is 37.3 Å². The van der Waals surface area contributed by atoms with Gasteiger partial charge in [-0.2, -0.15) is 0 Å². The van der Waals surface area contributed by atoms with Crippen molar-refractivity contribution < 1.29 is 4.52 Å². The Kier molecular flexibility index (Phi) is 3.82. The zero-order valence-electron chi connectivity index (χ0n) is 10.9. The first-order chi connectivity index (χ1) is 8.74. The molecule has 0 radical (unpaired) electrons. The van der Waals surface area contributed by atoms with Crippen LogP contribution < -0.4 is 5.32 Å². The summed E-state index contributed by atoms with van der Waals surface area (Å²) in [5.41, 5.74) is 3.73. The maximum atomic E-state index is 5.30. The molecular weight excluding hydrogens is 224 g/mol. The van der Waals surface area contributed by atoms with E-state index in [2.05, 4.69) is 24.0 Å². The van der Waals surface area contributed by atoms with E-state index in [0.717, 1.165) is 41.2 Å². The Morgan fingerprint density at radius 1 is 1.33 bits per heavy atom. The van der Waals surface area contributed by atoms with Crippen LogP contribution in [0.25, 0.3) is 17.0 Å². The van der Waals surface area contributed by atoms with E-state index >= 15 is 0 Å². The van der Waals surface area contributed by atoms with Gasteiger partial charge in [0.2, 0.25) is 0 Å². The van der Waals surface area contributed by atoms with Crippen LogP contribution in [0.2, 0.25) is 0 Å². The standard InChI is InChI=1S/C15H18N2O/c1-4-10-16-11(2)14-12(3)18-17-15(14)13-8-6-5-7-9-13/h5-9,16H,2,4,10H2,1,3H3. The zero-order chi connectivity index (χ0) is 13.0. The molecule has 0 atom stereocenters. The maximum absolute atomic E-state index is 5.30. The third-order valence-corrected chi connectivity index (χ3v) is 2.80. The predicted molar refractivity (Wildman–Crippen MR) is 74.0 cm³/mol. The van der Waals surface area contributed by atoms with E-state index < -0.39 is 0 Å². The average Bonchev–Trinajstić information content (AvgIpc) is 2.79. The third-order valence-electron chi connectivity index (χ3n) is 2.80. The van der Waals surface area contributed by atoms with E-state index in [9.17, 15) is 0 Å². The lowest BCUT2D eigenvalue weighted by atomic mass is 10.0. The molecule has 0 aliphatic carbocycles. The lowest BCUT2D eigenvalue weighted by Gasteiger charge is -2.08. The molecule has 0 aliphatic heterocycles. The van der Waals surface area contributed by atoms with Crippen molar-refractivity contribution >= 4 is 5.70 Å². The van der Waals surface area contributed by atoms with Crippen molar-refractivity contribution in [1.82, 2.24) is 10.5 Å². The number of nitrogens with zero attached hydrogens (tertiary/aromatic N) is 1. The Labute approximate surface area is 108 Å². The van der Waals surface area contributed by atoms with Gasteiger partial charge in [0.1, 0.15) is 11.5 Å². The molecule has 94 valence electrons. The highest BCUT2D eigenvalue weighted by atomic mass is 16.5. The zero-order valence-corrected chi connectivity index (χ0v) is 10.9. The number of aryl methyl sites for hydroxylation is 1. The fraction of sp³-hybridized carbons (Fsp3) is 0.267. The van der Waals surface area contributed by atoms with Crippen LogP contribution in [0.4, 0.5) is 0 Å². The van der Waals surface area contributed by atoms with E-state index in [4.69, 9.17) is 4.52 Å². The van der Waals surface area contributed by atoms with Crippen LogP contribution in [0.15, 0.2) is 41.4 Å². The first-order valence-electron chi connectivity index (χ1n) is 6.19. The van der Waals surface area contributed by atoms with E-state index in [0.29, 0.717) is 0 Å². The SMILES string of the molecule is C=C(NCCC)c1c(-c2ccccc2)noc1C. The van der Waals surface area contributed by atoms with Crippen molar-refractivity contribution in [1.29, 1.82) is 0 Å². The van der Waals surface area contributed by atoms with Gasteiger partial charge in [0.25, 0.3) is 0 Å². The van der Waals surface area contributed by atoms with E-state index in [1.165, 1.54) is 0 Å². The Balaban J connectivity index is 2.36. The van der Waals surface area contributed by atoms with Crippen molar-refractivity contribution in [3.8, 4) is 11.3 Å². The van der Waals surface area contributed by atoms with Crippen LogP contribution in [0.5, 0.6) is 0 Å². The fourth-order valence-electron chi connectivity index (χ4n) is 1.88. The van der Waals surface area contributed by atoms with Crippen LogP contribution in [-0.2, 0) is 0 Å². The molecule has 2 rings (SSSR count). The molecule has 0 aliphatic rings. The molecule has 0 unspecified atom stereocenters. The number of hydrogen-bond acceptors (Lipinski definition) is 3. The van der Waals surface area contributed by atoms with E-state index in [1.54, 1.807) is 0 Å². The van der Waals surface area contributed by atoms with Gasteiger partial charge in [-0.05, 0) is 13.3 Å². The number of hydrogen-bond donors (Lipinski definition) is 1. The smallest absolute Gasteiger partial charge is 0.143 e. The van der Waals surface area contributed by atoms with Gasteiger partial charge in [-0.1, -0.05) is 49.0 Å². The Hall–Kier alpha value is -2.03. The molecule has 0 spiro atoms. The number of benzene rings is 1. The second kappa shape index (κ2) is 5.54. The first kappa shape index (κ1) is 12.4. The minimum Gasteiger partial charge on any atom is -0.385 e. The molecule has 0 saturated heterocycles. The van der Waals surface area contributed by atoms with Gasteiger partial charge in [0.05, 0.1) is 5.56 Å². The van der Waals surface area contributed by atoms with Crippen molar-refractivity contribution in [3.63, 3.8) is 0 Å². The normalized spacial score (nSPS) is 10.3. The highest BCUT2D eigenvalue weighted by Gasteiger charge is 2.16. The summed E-state index contributed by atoms with van der Waals surface area (Å²) in [6, 6.07) is 10.0. The van der Waals surface area contributed by atoms with Crippen molar-refractivity contribution in [2.24, 2.45) is 0 Å². The first-order valence-corrected chi connectivity index (χ1v) is 6.19.